The van der Waals surface area contributed by atoms with E-state index in [4.69, 9.17) is 0 Å². The minimum Gasteiger partial charge on any atom is -0.103 e. The van der Waals surface area contributed by atoms with E-state index in [1.807, 2.05) is 0 Å². The fraction of sp³-hybridized carbons (Fsp3) is 0.758. The summed E-state index contributed by atoms with van der Waals surface area (Å²) in [5, 5.41) is 0. The lowest BCUT2D eigenvalue weighted by atomic mass is 9.69. The zero-order valence-corrected chi connectivity index (χ0v) is 21.9. The van der Waals surface area contributed by atoms with Gasteiger partial charge in [-0.25, -0.2) is 0 Å². The zero-order chi connectivity index (χ0) is 23.5. The van der Waals surface area contributed by atoms with Crippen LogP contribution in [0.3, 0.4) is 0 Å². The highest BCUT2D eigenvalue weighted by Crippen LogP contribution is 2.42. The average molecular weight is 451 g/mol. The van der Waals surface area contributed by atoms with Crippen molar-refractivity contribution in [2.24, 2.45) is 47.3 Å². The second kappa shape index (κ2) is 14.4. The van der Waals surface area contributed by atoms with Crippen molar-refractivity contribution in [1.82, 2.24) is 0 Å². The van der Waals surface area contributed by atoms with Gasteiger partial charge in [-0.2, -0.15) is 0 Å². The maximum atomic E-state index is 3.94. The SMILES string of the molecule is C=CC1CCC(C2CCC(/C=C/C)CC2)CC1.C=CC1CCC(C2CCC(C=C)CC2)CC1. The largest absolute Gasteiger partial charge is 0.103 e. The Hall–Kier alpha value is -1.04. The Labute approximate surface area is 207 Å². The van der Waals surface area contributed by atoms with Crippen molar-refractivity contribution < 1.29 is 0 Å². The Morgan fingerprint density at radius 2 is 0.636 bits per heavy atom. The van der Waals surface area contributed by atoms with Crippen LogP contribution in [0.1, 0.15) is 110 Å². The highest BCUT2D eigenvalue weighted by molar-refractivity contribution is 4.92. The second-order valence-corrected chi connectivity index (χ2v) is 11.9. The molecule has 0 saturated heterocycles. The van der Waals surface area contributed by atoms with Crippen molar-refractivity contribution in [3.63, 3.8) is 0 Å². The summed E-state index contributed by atoms with van der Waals surface area (Å²) in [6.07, 6.45) is 34.2. The molecule has 0 aromatic carbocycles. The molecule has 0 N–H and O–H groups in total. The van der Waals surface area contributed by atoms with E-state index in [0.29, 0.717) is 0 Å². The molecule has 0 radical (unpaired) electrons. The molecule has 0 atom stereocenters. The minimum atomic E-state index is 0.820. The Morgan fingerprint density at radius 3 is 0.848 bits per heavy atom. The van der Waals surface area contributed by atoms with Crippen LogP contribution in [0.5, 0.6) is 0 Å². The van der Waals surface area contributed by atoms with Gasteiger partial charge in [0, 0.05) is 0 Å². The first-order chi connectivity index (χ1) is 16.2. The molecule has 0 heteroatoms. The van der Waals surface area contributed by atoms with Gasteiger partial charge in [0.15, 0.2) is 0 Å². The molecule has 0 aromatic rings. The summed E-state index contributed by atoms with van der Waals surface area (Å²) in [4.78, 5) is 0. The van der Waals surface area contributed by atoms with Crippen LogP contribution in [0.4, 0.5) is 0 Å². The van der Waals surface area contributed by atoms with E-state index in [0.717, 1.165) is 47.3 Å². The highest BCUT2D eigenvalue weighted by atomic mass is 14.4. The Balaban J connectivity index is 0.000000186. The molecule has 0 heterocycles. The predicted octanol–water partition coefficient (Wildman–Crippen LogP) is 10.3. The van der Waals surface area contributed by atoms with Crippen LogP contribution >= 0.6 is 0 Å². The number of rotatable bonds is 6. The third kappa shape index (κ3) is 8.29. The van der Waals surface area contributed by atoms with Crippen molar-refractivity contribution in [3.8, 4) is 0 Å². The van der Waals surface area contributed by atoms with Crippen molar-refractivity contribution in [3.05, 3.63) is 50.1 Å². The normalized spacial score (nSPS) is 39.8. The van der Waals surface area contributed by atoms with Crippen LogP contribution in [0.15, 0.2) is 50.1 Å². The van der Waals surface area contributed by atoms with Crippen LogP contribution in [0.25, 0.3) is 0 Å². The summed E-state index contributed by atoms with van der Waals surface area (Å²) in [7, 11) is 0. The number of hydrogen-bond donors (Lipinski definition) is 0. The molecular weight excluding hydrogens is 396 g/mol. The highest BCUT2D eigenvalue weighted by Gasteiger charge is 2.30. The van der Waals surface area contributed by atoms with Gasteiger partial charge in [0.25, 0.3) is 0 Å². The van der Waals surface area contributed by atoms with Gasteiger partial charge in [-0.05, 0) is 157 Å². The van der Waals surface area contributed by atoms with Crippen LogP contribution in [-0.4, -0.2) is 0 Å². The topological polar surface area (TPSA) is 0 Å². The lowest BCUT2D eigenvalue weighted by Crippen LogP contribution is -2.25. The molecule has 0 bridgehead atoms. The molecule has 0 spiro atoms. The molecule has 33 heavy (non-hydrogen) atoms. The van der Waals surface area contributed by atoms with Crippen LogP contribution in [-0.2, 0) is 0 Å². The number of hydrogen-bond acceptors (Lipinski definition) is 0. The third-order valence-corrected chi connectivity index (χ3v) is 10.1. The maximum Gasteiger partial charge on any atom is -0.0233 e. The van der Waals surface area contributed by atoms with Crippen molar-refractivity contribution in [1.29, 1.82) is 0 Å². The van der Waals surface area contributed by atoms with Crippen molar-refractivity contribution >= 4 is 0 Å². The van der Waals surface area contributed by atoms with E-state index >= 15 is 0 Å². The summed E-state index contributed by atoms with van der Waals surface area (Å²) in [6.45, 7) is 14.0. The smallest absolute Gasteiger partial charge is 0.0233 e. The molecule has 0 unspecified atom stereocenters. The first kappa shape index (κ1) is 26.6. The average Bonchev–Trinajstić information content (AvgIpc) is 2.90. The predicted molar refractivity (Wildman–Crippen MR) is 147 cm³/mol. The van der Waals surface area contributed by atoms with E-state index < -0.39 is 0 Å². The van der Waals surface area contributed by atoms with Crippen LogP contribution in [0, 0.1) is 47.3 Å². The van der Waals surface area contributed by atoms with Gasteiger partial charge >= 0.3 is 0 Å². The van der Waals surface area contributed by atoms with E-state index in [9.17, 15) is 0 Å². The summed E-state index contributed by atoms with van der Waals surface area (Å²) in [5.41, 5.74) is 0. The lowest BCUT2D eigenvalue weighted by molar-refractivity contribution is 0.166. The molecule has 0 aliphatic heterocycles. The van der Waals surface area contributed by atoms with E-state index in [1.54, 1.807) is 0 Å². The summed E-state index contributed by atoms with van der Waals surface area (Å²) < 4.78 is 0. The molecule has 0 nitrogen and oxygen atoms in total. The molecule has 186 valence electrons. The Bertz CT molecular complexity index is 554. The molecule has 4 rings (SSSR count). The quantitative estimate of drug-likeness (QED) is 0.353. The Kier molecular flexibility index (Phi) is 11.6. The molecular formula is C33H54. The van der Waals surface area contributed by atoms with E-state index in [-0.39, 0.29) is 0 Å². The van der Waals surface area contributed by atoms with Gasteiger partial charge in [-0.3, -0.25) is 0 Å². The number of allylic oxidation sites excluding steroid dienone is 5. The summed E-state index contributed by atoms with van der Waals surface area (Å²) in [5.74, 6) is 7.50. The van der Waals surface area contributed by atoms with Gasteiger partial charge in [-0.1, -0.05) is 30.4 Å². The molecule has 4 fully saturated rings. The Morgan fingerprint density at radius 1 is 0.394 bits per heavy atom. The maximum absolute atomic E-state index is 3.94. The minimum absolute atomic E-state index is 0.820. The second-order valence-electron chi connectivity index (χ2n) is 11.9. The fourth-order valence-corrected chi connectivity index (χ4v) is 7.64. The summed E-state index contributed by atoms with van der Waals surface area (Å²) in [6, 6.07) is 0. The van der Waals surface area contributed by atoms with Crippen molar-refractivity contribution in [2.75, 3.05) is 0 Å². The zero-order valence-electron chi connectivity index (χ0n) is 21.9. The molecule has 4 saturated carbocycles. The van der Waals surface area contributed by atoms with E-state index in [2.05, 4.69) is 57.0 Å². The van der Waals surface area contributed by atoms with Gasteiger partial charge in [0.1, 0.15) is 0 Å². The van der Waals surface area contributed by atoms with Gasteiger partial charge in [0.05, 0.1) is 0 Å². The fourth-order valence-electron chi connectivity index (χ4n) is 7.64. The first-order valence-corrected chi connectivity index (χ1v) is 14.7. The molecule has 4 aliphatic rings. The van der Waals surface area contributed by atoms with E-state index in [1.165, 1.54) is 103 Å². The standard InChI is InChI=1S/C17H28.C16H26/c1-3-5-15-8-12-17(13-9-15)16-10-6-14(4-2)7-11-16;1-3-13-5-9-15(10-6-13)16-11-7-14(4-2)8-12-16/h3-5,14-17H,2,6-13H2,1H3;3-4,13-16H,1-2,5-12H2/b5-3+;. The first-order valence-electron chi connectivity index (χ1n) is 14.7. The van der Waals surface area contributed by atoms with Gasteiger partial charge in [0.2, 0.25) is 0 Å². The lowest BCUT2D eigenvalue weighted by Gasteiger charge is -2.36. The van der Waals surface area contributed by atoms with Gasteiger partial charge in [-0.15, -0.1) is 19.7 Å². The monoisotopic (exact) mass is 450 g/mol. The molecule has 0 amide bonds. The van der Waals surface area contributed by atoms with Crippen molar-refractivity contribution in [2.45, 2.75) is 110 Å². The van der Waals surface area contributed by atoms with Crippen LogP contribution < -0.4 is 0 Å². The molecule has 4 aliphatic carbocycles. The molecule has 0 aromatic heterocycles. The third-order valence-electron chi connectivity index (χ3n) is 10.1. The summed E-state index contributed by atoms with van der Waals surface area (Å²) >= 11 is 0. The van der Waals surface area contributed by atoms with Crippen LogP contribution in [0.2, 0.25) is 0 Å². The van der Waals surface area contributed by atoms with Gasteiger partial charge < -0.3 is 0 Å².